The number of aromatic amines is 1. The first-order valence-corrected chi connectivity index (χ1v) is 8.97. The average Bonchev–Trinajstić information content (AvgIpc) is 3.18. The van der Waals surface area contributed by atoms with E-state index >= 15 is 0 Å². The Bertz CT molecular complexity index is 916. The minimum atomic E-state index is 0.252. The number of hydrogen-bond donors (Lipinski definition) is 2. The zero-order chi connectivity index (χ0) is 21.8. The molecule has 0 amide bonds. The van der Waals surface area contributed by atoms with Gasteiger partial charge in [0.15, 0.2) is 28.9 Å². The van der Waals surface area contributed by atoms with Crippen LogP contribution < -0.4 is 34.2 Å². The van der Waals surface area contributed by atoms with Crippen molar-refractivity contribution in [3.05, 3.63) is 24.3 Å². The Balaban J connectivity index is 2.24. The molecule has 3 aromatic rings. The molecule has 0 aliphatic rings. The monoisotopic (exact) mass is 415 g/mol. The largest absolute Gasteiger partial charge is 0.493 e. The quantitative estimate of drug-likeness (QED) is 0.576. The maximum absolute atomic E-state index is 6.01. The summed E-state index contributed by atoms with van der Waals surface area (Å²) in [5.74, 6) is 3.26. The standard InChI is InChI=1S/C21H25N3O6/c1-25-13-7-11(8-14(26-2)19(13)29-5)17-18(24-21(22)23-17)12-9-15(27-3)20(30-6)16(10-12)28-4/h7-10H,1-6H3,(H3,22,23,24). The van der Waals surface area contributed by atoms with Gasteiger partial charge in [0.1, 0.15) is 0 Å². The highest BCUT2D eigenvalue weighted by atomic mass is 16.5. The fraction of sp³-hybridized carbons (Fsp3) is 0.286. The minimum Gasteiger partial charge on any atom is -0.493 e. The number of hydrogen-bond acceptors (Lipinski definition) is 8. The van der Waals surface area contributed by atoms with Gasteiger partial charge in [-0.25, -0.2) is 4.98 Å². The van der Waals surface area contributed by atoms with E-state index in [-0.39, 0.29) is 5.95 Å². The average molecular weight is 415 g/mol. The van der Waals surface area contributed by atoms with Crippen molar-refractivity contribution in [3.8, 4) is 57.0 Å². The van der Waals surface area contributed by atoms with Gasteiger partial charge in [-0.15, -0.1) is 0 Å². The molecule has 0 atom stereocenters. The van der Waals surface area contributed by atoms with Gasteiger partial charge in [0.2, 0.25) is 11.5 Å². The molecule has 0 unspecified atom stereocenters. The van der Waals surface area contributed by atoms with E-state index in [1.54, 1.807) is 54.8 Å². The molecule has 160 valence electrons. The molecule has 0 bridgehead atoms. The van der Waals surface area contributed by atoms with Gasteiger partial charge in [-0.2, -0.15) is 0 Å². The smallest absolute Gasteiger partial charge is 0.203 e. The van der Waals surface area contributed by atoms with Crippen LogP contribution in [0.4, 0.5) is 5.95 Å². The number of imidazole rings is 1. The van der Waals surface area contributed by atoms with E-state index in [2.05, 4.69) is 9.97 Å². The topological polar surface area (TPSA) is 110 Å². The molecule has 3 N–H and O–H groups in total. The molecule has 0 spiro atoms. The van der Waals surface area contributed by atoms with E-state index in [0.29, 0.717) is 45.9 Å². The molecule has 0 aliphatic carbocycles. The summed E-state index contributed by atoms with van der Waals surface area (Å²) in [6.07, 6.45) is 0. The van der Waals surface area contributed by atoms with Crippen molar-refractivity contribution in [2.24, 2.45) is 0 Å². The number of H-pyrrole nitrogens is 1. The zero-order valence-electron chi connectivity index (χ0n) is 17.8. The van der Waals surface area contributed by atoms with Gasteiger partial charge in [0.05, 0.1) is 54.0 Å². The summed E-state index contributed by atoms with van der Waals surface area (Å²) in [6, 6.07) is 7.24. The van der Waals surface area contributed by atoms with Crippen LogP contribution in [0.25, 0.3) is 22.5 Å². The van der Waals surface area contributed by atoms with Gasteiger partial charge >= 0.3 is 0 Å². The molecule has 0 saturated heterocycles. The molecule has 2 aromatic carbocycles. The van der Waals surface area contributed by atoms with Crippen LogP contribution >= 0.6 is 0 Å². The first kappa shape index (κ1) is 21.0. The van der Waals surface area contributed by atoms with Crippen molar-refractivity contribution >= 4 is 5.95 Å². The number of aromatic nitrogens is 2. The molecule has 0 aliphatic heterocycles. The number of nitrogen functional groups attached to an aromatic ring is 1. The maximum Gasteiger partial charge on any atom is 0.203 e. The predicted octanol–water partition coefficient (Wildman–Crippen LogP) is 3.38. The lowest BCUT2D eigenvalue weighted by molar-refractivity contribution is 0.324. The molecule has 0 radical (unpaired) electrons. The Hall–Kier alpha value is -3.75. The summed E-state index contributed by atoms with van der Waals surface area (Å²) < 4.78 is 32.7. The van der Waals surface area contributed by atoms with Crippen LogP contribution in [0.5, 0.6) is 34.5 Å². The molecule has 3 rings (SSSR count). The summed E-state index contributed by atoms with van der Waals surface area (Å²) in [5.41, 5.74) is 8.74. The van der Waals surface area contributed by atoms with Crippen molar-refractivity contribution < 1.29 is 28.4 Å². The van der Waals surface area contributed by atoms with E-state index in [0.717, 1.165) is 11.1 Å². The minimum absolute atomic E-state index is 0.252. The normalized spacial score (nSPS) is 10.5. The van der Waals surface area contributed by atoms with Crippen LogP contribution in [-0.2, 0) is 0 Å². The van der Waals surface area contributed by atoms with E-state index in [9.17, 15) is 0 Å². The lowest BCUT2D eigenvalue weighted by Gasteiger charge is -2.15. The number of anilines is 1. The molecule has 0 fully saturated rings. The Morgan fingerprint density at radius 2 is 1.03 bits per heavy atom. The molecule has 30 heavy (non-hydrogen) atoms. The molecule has 9 nitrogen and oxygen atoms in total. The number of ether oxygens (including phenoxy) is 6. The SMILES string of the molecule is COc1cc(-c2nc(N)[nH]c2-c2cc(OC)c(OC)c(OC)c2)cc(OC)c1OC. The summed E-state index contributed by atoms with van der Waals surface area (Å²) in [4.78, 5) is 7.58. The van der Waals surface area contributed by atoms with Crippen LogP contribution in [0.1, 0.15) is 0 Å². The van der Waals surface area contributed by atoms with E-state index in [1.165, 1.54) is 0 Å². The second kappa shape index (κ2) is 8.73. The number of rotatable bonds is 8. The van der Waals surface area contributed by atoms with E-state index in [1.807, 2.05) is 12.1 Å². The zero-order valence-corrected chi connectivity index (χ0v) is 17.8. The van der Waals surface area contributed by atoms with Crippen molar-refractivity contribution in [1.29, 1.82) is 0 Å². The molecular formula is C21H25N3O6. The number of nitrogens with one attached hydrogen (secondary N) is 1. The third-order valence-electron chi connectivity index (χ3n) is 4.61. The second-order valence-electron chi connectivity index (χ2n) is 6.17. The number of benzene rings is 2. The Labute approximate surface area is 174 Å². The van der Waals surface area contributed by atoms with E-state index < -0.39 is 0 Å². The Kier molecular flexibility index (Phi) is 6.10. The Morgan fingerprint density at radius 1 is 0.633 bits per heavy atom. The van der Waals surface area contributed by atoms with Crippen LogP contribution in [0.2, 0.25) is 0 Å². The first-order chi connectivity index (χ1) is 14.5. The van der Waals surface area contributed by atoms with Crippen LogP contribution in [-0.4, -0.2) is 52.6 Å². The predicted molar refractivity (Wildman–Crippen MR) is 113 cm³/mol. The molecule has 1 heterocycles. The van der Waals surface area contributed by atoms with Gasteiger partial charge in [0.25, 0.3) is 0 Å². The van der Waals surface area contributed by atoms with Crippen LogP contribution in [0.15, 0.2) is 24.3 Å². The molecule has 0 saturated carbocycles. The lowest BCUT2D eigenvalue weighted by Crippen LogP contribution is -1.97. The van der Waals surface area contributed by atoms with Crippen molar-refractivity contribution in [2.75, 3.05) is 48.4 Å². The highest BCUT2D eigenvalue weighted by Crippen LogP contribution is 2.45. The van der Waals surface area contributed by atoms with Crippen LogP contribution in [0.3, 0.4) is 0 Å². The molecule has 1 aromatic heterocycles. The number of methoxy groups -OCH3 is 6. The summed E-state index contributed by atoms with van der Waals surface area (Å²) in [5, 5.41) is 0. The maximum atomic E-state index is 6.01. The Morgan fingerprint density at radius 3 is 1.40 bits per heavy atom. The summed E-state index contributed by atoms with van der Waals surface area (Å²) in [6.45, 7) is 0. The number of nitrogens with zero attached hydrogens (tertiary/aromatic N) is 1. The summed E-state index contributed by atoms with van der Waals surface area (Å²) >= 11 is 0. The van der Waals surface area contributed by atoms with E-state index in [4.69, 9.17) is 34.2 Å². The fourth-order valence-corrected chi connectivity index (χ4v) is 3.25. The second-order valence-corrected chi connectivity index (χ2v) is 6.17. The fourth-order valence-electron chi connectivity index (χ4n) is 3.25. The third kappa shape index (κ3) is 3.61. The third-order valence-corrected chi connectivity index (χ3v) is 4.61. The highest BCUT2D eigenvalue weighted by Gasteiger charge is 2.21. The lowest BCUT2D eigenvalue weighted by atomic mass is 10.0. The van der Waals surface area contributed by atoms with Gasteiger partial charge in [-0.05, 0) is 24.3 Å². The van der Waals surface area contributed by atoms with Gasteiger partial charge in [-0.1, -0.05) is 0 Å². The number of nitrogens with two attached hydrogens (primary N) is 1. The van der Waals surface area contributed by atoms with Gasteiger partial charge in [0, 0.05) is 11.1 Å². The molecular weight excluding hydrogens is 390 g/mol. The highest BCUT2D eigenvalue weighted by molar-refractivity contribution is 5.83. The summed E-state index contributed by atoms with van der Waals surface area (Å²) in [7, 11) is 9.33. The van der Waals surface area contributed by atoms with Crippen molar-refractivity contribution in [2.45, 2.75) is 0 Å². The van der Waals surface area contributed by atoms with Gasteiger partial charge < -0.3 is 39.1 Å². The van der Waals surface area contributed by atoms with Crippen LogP contribution in [0, 0.1) is 0 Å². The van der Waals surface area contributed by atoms with Crippen molar-refractivity contribution in [1.82, 2.24) is 9.97 Å². The molecule has 9 heteroatoms. The van der Waals surface area contributed by atoms with Crippen molar-refractivity contribution in [3.63, 3.8) is 0 Å². The first-order valence-electron chi connectivity index (χ1n) is 8.97. The van der Waals surface area contributed by atoms with Gasteiger partial charge in [-0.3, -0.25) is 0 Å².